The molecule has 0 amide bonds. The lowest BCUT2D eigenvalue weighted by atomic mass is 9.87. The summed E-state index contributed by atoms with van der Waals surface area (Å²) in [6, 6.07) is 0. The molecule has 5 heteroatoms. The standard InChI is InChI=1S/C5H14B2IN2/c1-9(2)5-7(8)10(3,4)6-9/h5H2,1-4H3. The second kappa shape index (κ2) is 2.38. The summed E-state index contributed by atoms with van der Waals surface area (Å²) in [5, 5.41) is 0. The molecule has 0 saturated carbocycles. The van der Waals surface area contributed by atoms with E-state index in [4.69, 9.17) is 0 Å². The van der Waals surface area contributed by atoms with Crippen molar-refractivity contribution in [1.82, 2.24) is 0 Å². The van der Waals surface area contributed by atoms with E-state index in [1.54, 1.807) is 0 Å². The lowest BCUT2D eigenvalue weighted by Crippen LogP contribution is -2.50. The molecule has 1 fully saturated rings. The average Bonchev–Trinajstić information content (AvgIpc) is 1.73. The zero-order chi connectivity index (χ0) is 7.99. The van der Waals surface area contributed by atoms with Gasteiger partial charge in [-0.25, -0.2) is 0 Å². The first-order chi connectivity index (χ1) is 4.33. The van der Waals surface area contributed by atoms with Crippen molar-refractivity contribution in [1.29, 1.82) is 0 Å². The molecule has 1 heterocycles. The highest BCUT2D eigenvalue weighted by Crippen LogP contribution is 2.20. The normalized spacial score (nSPS) is 30.9. The molecule has 0 aromatic carbocycles. The van der Waals surface area contributed by atoms with Crippen LogP contribution in [0.15, 0.2) is 0 Å². The maximum atomic E-state index is 2.53. The van der Waals surface area contributed by atoms with Gasteiger partial charge in [-0.2, -0.15) is 0 Å². The molecule has 2 nitrogen and oxygen atoms in total. The van der Waals surface area contributed by atoms with Crippen LogP contribution in [0.3, 0.4) is 0 Å². The Morgan fingerprint density at radius 3 is 1.90 bits per heavy atom. The molecule has 0 bridgehead atoms. The smallest absolute Gasteiger partial charge is 0.290 e. The molecule has 57 valence electrons. The van der Waals surface area contributed by atoms with Gasteiger partial charge in [-0.3, -0.25) is 0 Å². The van der Waals surface area contributed by atoms with E-state index in [9.17, 15) is 0 Å². The van der Waals surface area contributed by atoms with Crippen molar-refractivity contribution < 1.29 is 8.70 Å². The van der Waals surface area contributed by atoms with Crippen LogP contribution in [0.1, 0.15) is 0 Å². The van der Waals surface area contributed by atoms with Crippen LogP contribution in [-0.4, -0.2) is 55.6 Å². The number of hydrogen-bond acceptors (Lipinski definition) is 0. The Morgan fingerprint density at radius 1 is 1.30 bits per heavy atom. The summed E-state index contributed by atoms with van der Waals surface area (Å²) in [4.78, 5) is 0. The summed E-state index contributed by atoms with van der Waals surface area (Å²) in [7, 11) is 11.4. The van der Waals surface area contributed by atoms with Crippen LogP contribution in [0.4, 0.5) is 0 Å². The molecule has 0 aromatic heterocycles. The molecule has 0 aliphatic carbocycles. The van der Waals surface area contributed by atoms with Crippen molar-refractivity contribution in [2.45, 2.75) is 0 Å². The van der Waals surface area contributed by atoms with Crippen molar-refractivity contribution in [3.63, 3.8) is 0 Å². The predicted octanol–water partition coefficient (Wildman–Crippen LogP) is 0.149. The largest absolute Gasteiger partial charge is 0.723 e. The molecule has 1 aliphatic rings. The Balaban J connectivity index is 2.71. The average molecular weight is 251 g/mol. The van der Waals surface area contributed by atoms with Gasteiger partial charge < -0.3 is 31.1 Å². The van der Waals surface area contributed by atoms with Crippen molar-refractivity contribution in [3.05, 3.63) is 0 Å². The number of hydrogen-bond donors (Lipinski definition) is 0. The minimum atomic E-state index is 0.729. The van der Waals surface area contributed by atoms with Gasteiger partial charge in [0.1, 0.15) is 0 Å². The molecule has 0 aromatic rings. The first-order valence-corrected chi connectivity index (χ1v) is 4.75. The molecular formula is C5H14B2IN2. The van der Waals surface area contributed by atoms with Gasteiger partial charge in [0.25, 0.3) is 7.55 Å². The Bertz CT molecular complexity index is 149. The fraction of sp³-hybridized carbons (Fsp3) is 1.00. The van der Waals surface area contributed by atoms with Crippen LogP contribution in [0.25, 0.3) is 0 Å². The monoisotopic (exact) mass is 251 g/mol. The van der Waals surface area contributed by atoms with E-state index in [1.807, 2.05) is 0 Å². The summed E-state index contributed by atoms with van der Waals surface area (Å²) in [5.74, 6) is 0. The molecule has 0 spiro atoms. The third kappa shape index (κ3) is 1.68. The van der Waals surface area contributed by atoms with Gasteiger partial charge in [0.2, 0.25) is 4.70 Å². The second-order valence-corrected chi connectivity index (χ2v) is 5.58. The lowest BCUT2D eigenvalue weighted by molar-refractivity contribution is -0.806. The molecule has 0 N–H and O–H groups in total. The van der Waals surface area contributed by atoms with E-state index in [-0.39, 0.29) is 0 Å². The second-order valence-electron chi connectivity index (χ2n) is 4.14. The first-order valence-electron chi connectivity index (χ1n) is 3.51. The van der Waals surface area contributed by atoms with Gasteiger partial charge in [-0.05, 0) is 20.5 Å². The van der Waals surface area contributed by atoms with Crippen molar-refractivity contribution in [3.8, 4) is 0 Å². The Hall–Kier alpha value is 0.780. The minimum Gasteiger partial charge on any atom is -0.723 e. The molecule has 3 radical (unpaired) electrons. The van der Waals surface area contributed by atoms with E-state index >= 15 is 0 Å². The summed E-state index contributed by atoms with van der Waals surface area (Å²) in [6.45, 7) is 0. The zero-order valence-corrected chi connectivity index (χ0v) is 9.29. The highest BCUT2D eigenvalue weighted by atomic mass is 127. The zero-order valence-electron chi connectivity index (χ0n) is 7.13. The summed E-state index contributed by atoms with van der Waals surface area (Å²) < 4.78 is 2.81. The Labute approximate surface area is 78.0 Å². The van der Waals surface area contributed by atoms with Crippen LogP contribution in [-0.2, 0) is 0 Å². The highest BCUT2D eigenvalue weighted by molar-refractivity contribution is 14.1. The molecule has 0 atom stereocenters. The predicted molar refractivity (Wildman–Crippen MR) is 54.6 cm³/mol. The van der Waals surface area contributed by atoms with Crippen LogP contribution < -0.4 is 0 Å². The van der Waals surface area contributed by atoms with E-state index in [0.717, 1.165) is 13.4 Å². The Kier molecular flexibility index (Phi) is 2.12. The third-order valence-electron chi connectivity index (χ3n) is 1.95. The maximum Gasteiger partial charge on any atom is 0.290 e. The van der Waals surface area contributed by atoms with E-state index in [1.165, 1.54) is 6.44 Å². The summed E-state index contributed by atoms with van der Waals surface area (Å²) in [5.41, 5.74) is 0. The van der Waals surface area contributed by atoms with E-state index in [0.29, 0.717) is 0 Å². The van der Waals surface area contributed by atoms with Crippen LogP contribution in [0, 0.1) is 0 Å². The van der Waals surface area contributed by atoms with E-state index < -0.39 is 0 Å². The molecule has 0 unspecified atom stereocenters. The number of halogens is 1. The minimum absolute atomic E-state index is 0.729. The third-order valence-corrected chi connectivity index (χ3v) is 3.78. The number of nitrogens with zero attached hydrogens (tertiary/aromatic N) is 2. The van der Waals surface area contributed by atoms with Crippen molar-refractivity contribution in [2.24, 2.45) is 0 Å². The highest BCUT2D eigenvalue weighted by Gasteiger charge is 2.29. The molecule has 1 saturated heterocycles. The summed E-state index contributed by atoms with van der Waals surface area (Å²) in [6.07, 6.45) is 1.24. The fourth-order valence-electron chi connectivity index (χ4n) is 1.52. The van der Waals surface area contributed by atoms with Gasteiger partial charge in [-0.1, -0.05) is 0 Å². The van der Waals surface area contributed by atoms with Gasteiger partial charge in [0.05, 0.1) is 0 Å². The van der Waals surface area contributed by atoms with Crippen LogP contribution >= 0.6 is 22.4 Å². The van der Waals surface area contributed by atoms with Gasteiger partial charge in [0.15, 0.2) is 0 Å². The fourth-order valence-corrected chi connectivity index (χ4v) is 2.68. The van der Waals surface area contributed by atoms with Gasteiger partial charge in [-0.15, -0.1) is 0 Å². The summed E-state index contributed by atoms with van der Waals surface area (Å²) >= 11 is 2.53. The molecule has 1 aliphatic heterocycles. The quantitative estimate of drug-likeness (QED) is 0.424. The van der Waals surface area contributed by atoms with Crippen LogP contribution in [0.2, 0.25) is 0 Å². The molecular weight excluding hydrogens is 237 g/mol. The van der Waals surface area contributed by atoms with Crippen molar-refractivity contribution in [2.75, 3.05) is 34.6 Å². The molecule has 1 rings (SSSR count). The lowest BCUT2D eigenvalue weighted by Gasteiger charge is -2.49. The Morgan fingerprint density at radius 2 is 1.80 bits per heavy atom. The molecule has 10 heavy (non-hydrogen) atoms. The topological polar surface area (TPSA) is 0 Å². The number of quaternary nitrogens is 2. The van der Waals surface area contributed by atoms with Gasteiger partial charge in [0, 0.05) is 14.1 Å². The van der Waals surface area contributed by atoms with Crippen molar-refractivity contribution >= 4 is 34.6 Å². The van der Waals surface area contributed by atoms with Gasteiger partial charge >= 0.3 is 0 Å². The van der Waals surface area contributed by atoms with E-state index in [2.05, 4.69) is 58.1 Å². The first kappa shape index (κ1) is 8.87. The number of rotatable bonds is 0. The van der Waals surface area contributed by atoms with Crippen LogP contribution in [0.5, 0.6) is 0 Å². The maximum absolute atomic E-state index is 2.53. The SMILES string of the molecule is C[N+]1(C)[B-][N+](C)(C)[B-](I)C1.